The maximum absolute atomic E-state index is 12.8. The third kappa shape index (κ3) is 3.44. The van der Waals surface area contributed by atoms with E-state index in [4.69, 9.17) is 5.73 Å². The predicted molar refractivity (Wildman–Crippen MR) is 99.8 cm³/mol. The number of imidazole rings is 1. The number of hydrogen-bond acceptors (Lipinski definition) is 4. The molecule has 2 amide bonds. The second kappa shape index (κ2) is 7.86. The van der Waals surface area contributed by atoms with Crippen molar-refractivity contribution in [2.24, 2.45) is 12.8 Å². The lowest BCUT2D eigenvalue weighted by Gasteiger charge is -2.21. The van der Waals surface area contributed by atoms with E-state index in [2.05, 4.69) is 5.32 Å². The van der Waals surface area contributed by atoms with Crippen molar-refractivity contribution in [3.63, 3.8) is 0 Å². The number of carbonyl (C=O) groups is 2. The summed E-state index contributed by atoms with van der Waals surface area (Å²) >= 11 is 0. The van der Waals surface area contributed by atoms with E-state index in [1.165, 1.54) is 4.57 Å². The van der Waals surface area contributed by atoms with Crippen LogP contribution in [0.2, 0.25) is 0 Å². The molecule has 1 unspecified atom stereocenters. The Morgan fingerprint density at radius 3 is 2.65 bits per heavy atom. The van der Waals surface area contributed by atoms with Gasteiger partial charge in [0.05, 0.1) is 11.0 Å². The minimum absolute atomic E-state index is 0.218. The Labute approximate surface area is 152 Å². The van der Waals surface area contributed by atoms with Gasteiger partial charge in [-0.3, -0.25) is 24.0 Å². The Kier molecular flexibility index (Phi) is 5.56. The molecule has 26 heavy (non-hydrogen) atoms. The zero-order valence-corrected chi connectivity index (χ0v) is 15.2. The average molecular weight is 358 g/mol. The lowest BCUT2D eigenvalue weighted by atomic mass is 10.0. The molecule has 0 saturated carbocycles. The Morgan fingerprint density at radius 2 is 1.92 bits per heavy atom. The number of benzene rings is 1. The number of aromatic nitrogens is 2. The molecule has 3 rings (SSSR count). The summed E-state index contributed by atoms with van der Waals surface area (Å²) in [4.78, 5) is 36.5. The summed E-state index contributed by atoms with van der Waals surface area (Å²) in [5.41, 5.74) is 8.06. The number of aryl methyl sites for hydroxylation is 2. The minimum atomic E-state index is -0.635. The van der Waals surface area contributed by atoms with Crippen molar-refractivity contribution < 1.29 is 9.59 Å². The van der Waals surface area contributed by atoms with Crippen LogP contribution in [0.3, 0.4) is 0 Å². The number of para-hydroxylation sites is 1. The third-order valence-electron chi connectivity index (χ3n) is 5.11. The van der Waals surface area contributed by atoms with Gasteiger partial charge >= 0.3 is 5.69 Å². The van der Waals surface area contributed by atoms with Gasteiger partial charge in [0.1, 0.15) is 6.04 Å². The number of imide groups is 1. The van der Waals surface area contributed by atoms with Crippen molar-refractivity contribution in [3.8, 4) is 0 Å². The molecule has 140 valence electrons. The van der Waals surface area contributed by atoms with Gasteiger partial charge in [0.25, 0.3) is 0 Å². The van der Waals surface area contributed by atoms with Crippen LogP contribution >= 0.6 is 0 Å². The normalized spacial score (nSPS) is 17.7. The molecule has 1 aromatic heterocycles. The highest BCUT2D eigenvalue weighted by Gasteiger charge is 2.31. The Bertz CT molecular complexity index is 881. The molecule has 7 nitrogen and oxygen atoms in total. The SMILES string of the molecule is Cn1c(=O)n(C2CCC(=O)NC2=O)c2cccc(CCCCCCN)c21. The molecule has 2 aromatic rings. The number of carbonyl (C=O) groups excluding carboxylic acids is 2. The number of fused-ring (bicyclic) bond motifs is 1. The quantitative estimate of drug-likeness (QED) is 0.577. The molecule has 1 atom stereocenters. The maximum atomic E-state index is 12.8. The summed E-state index contributed by atoms with van der Waals surface area (Å²) in [5, 5.41) is 2.34. The number of nitrogens with two attached hydrogens (primary N) is 1. The summed E-state index contributed by atoms with van der Waals surface area (Å²) in [7, 11) is 1.74. The topological polar surface area (TPSA) is 99.1 Å². The molecular formula is C19H26N4O3. The number of nitrogens with one attached hydrogen (secondary N) is 1. The highest BCUT2D eigenvalue weighted by atomic mass is 16.2. The van der Waals surface area contributed by atoms with Gasteiger partial charge in [-0.05, 0) is 43.9 Å². The number of piperidine rings is 1. The molecule has 3 N–H and O–H groups in total. The van der Waals surface area contributed by atoms with Crippen LogP contribution in [0.5, 0.6) is 0 Å². The van der Waals surface area contributed by atoms with Gasteiger partial charge in [-0.25, -0.2) is 4.79 Å². The molecule has 0 bridgehead atoms. The maximum Gasteiger partial charge on any atom is 0.329 e. The van der Waals surface area contributed by atoms with Crippen molar-refractivity contribution in [2.45, 2.75) is 51.0 Å². The first kappa shape index (κ1) is 18.4. The van der Waals surface area contributed by atoms with Crippen molar-refractivity contribution in [1.82, 2.24) is 14.5 Å². The van der Waals surface area contributed by atoms with Crippen LogP contribution in [0, 0.1) is 0 Å². The summed E-state index contributed by atoms with van der Waals surface area (Å²) in [6, 6.07) is 5.21. The molecule has 1 fully saturated rings. The third-order valence-corrected chi connectivity index (χ3v) is 5.11. The van der Waals surface area contributed by atoms with Crippen molar-refractivity contribution in [1.29, 1.82) is 0 Å². The molecule has 1 aliphatic rings. The van der Waals surface area contributed by atoms with Gasteiger partial charge in [-0.15, -0.1) is 0 Å². The van der Waals surface area contributed by atoms with Gasteiger partial charge in [0.2, 0.25) is 11.8 Å². The zero-order chi connectivity index (χ0) is 18.7. The van der Waals surface area contributed by atoms with Crippen LogP contribution in [0.1, 0.15) is 50.1 Å². The van der Waals surface area contributed by atoms with E-state index < -0.39 is 11.9 Å². The van der Waals surface area contributed by atoms with E-state index in [0.717, 1.165) is 55.2 Å². The lowest BCUT2D eigenvalue weighted by Crippen LogP contribution is -2.44. The molecule has 0 spiro atoms. The monoisotopic (exact) mass is 358 g/mol. The van der Waals surface area contributed by atoms with Crippen LogP contribution in [0.25, 0.3) is 11.0 Å². The first-order chi connectivity index (χ1) is 12.5. The van der Waals surface area contributed by atoms with E-state index in [1.807, 2.05) is 18.2 Å². The van der Waals surface area contributed by atoms with E-state index >= 15 is 0 Å². The Hall–Kier alpha value is -2.41. The van der Waals surface area contributed by atoms with E-state index in [-0.39, 0.29) is 18.0 Å². The Morgan fingerprint density at radius 1 is 1.15 bits per heavy atom. The summed E-state index contributed by atoms with van der Waals surface area (Å²) in [5.74, 6) is -0.680. The second-order valence-corrected chi connectivity index (χ2v) is 6.92. The molecule has 1 aromatic carbocycles. The van der Waals surface area contributed by atoms with Crippen LogP contribution in [0.4, 0.5) is 0 Å². The van der Waals surface area contributed by atoms with E-state index in [0.29, 0.717) is 6.42 Å². The molecule has 0 radical (unpaired) electrons. The molecule has 1 saturated heterocycles. The van der Waals surface area contributed by atoms with Gasteiger partial charge in [0.15, 0.2) is 0 Å². The molecule has 1 aliphatic heterocycles. The highest BCUT2D eigenvalue weighted by molar-refractivity contribution is 6.00. The standard InChI is InChI=1S/C19H26N4O3/c1-22-17-13(7-4-2-3-5-12-20)8-6-9-14(17)23(19(22)26)15-10-11-16(24)21-18(15)25/h6,8-9,15H,2-5,7,10-12,20H2,1H3,(H,21,24,25). The predicted octanol–water partition coefficient (Wildman–Crippen LogP) is 1.38. The minimum Gasteiger partial charge on any atom is -0.330 e. The fraction of sp³-hybridized carbons (Fsp3) is 0.526. The number of amides is 2. The van der Waals surface area contributed by atoms with Crippen LogP contribution < -0.4 is 16.7 Å². The smallest absolute Gasteiger partial charge is 0.329 e. The van der Waals surface area contributed by atoms with Crippen LogP contribution in [-0.4, -0.2) is 27.5 Å². The average Bonchev–Trinajstić information content (AvgIpc) is 2.87. The largest absolute Gasteiger partial charge is 0.330 e. The van der Waals surface area contributed by atoms with Crippen LogP contribution in [-0.2, 0) is 23.1 Å². The highest BCUT2D eigenvalue weighted by Crippen LogP contribution is 2.25. The van der Waals surface area contributed by atoms with Gasteiger partial charge in [-0.1, -0.05) is 25.0 Å². The lowest BCUT2D eigenvalue weighted by molar-refractivity contribution is -0.135. The van der Waals surface area contributed by atoms with Crippen molar-refractivity contribution >= 4 is 22.8 Å². The Balaban J connectivity index is 1.93. The molecular weight excluding hydrogens is 332 g/mol. The summed E-state index contributed by atoms with van der Waals surface area (Å²) in [6.45, 7) is 0.721. The van der Waals surface area contributed by atoms with Gasteiger partial charge < -0.3 is 5.73 Å². The molecule has 7 heteroatoms. The van der Waals surface area contributed by atoms with Crippen molar-refractivity contribution in [3.05, 3.63) is 34.2 Å². The first-order valence-electron chi connectivity index (χ1n) is 9.27. The summed E-state index contributed by atoms with van der Waals surface area (Å²) < 4.78 is 3.16. The number of unbranched alkanes of at least 4 members (excludes halogenated alkanes) is 3. The van der Waals surface area contributed by atoms with E-state index in [1.54, 1.807) is 11.6 Å². The number of rotatable bonds is 7. The van der Waals surface area contributed by atoms with Gasteiger partial charge in [0, 0.05) is 13.5 Å². The zero-order valence-electron chi connectivity index (χ0n) is 15.2. The fourth-order valence-corrected chi connectivity index (χ4v) is 3.76. The second-order valence-electron chi connectivity index (χ2n) is 6.92. The molecule has 0 aliphatic carbocycles. The first-order valence-corrected chi connectivity index (χ1v) is 9.27. The van der Waals surface area contributed by atoms with Crippen LogP contribution in [0.15, 0.2) is 23.0 Å². The number of hydrogen-bond donors (Lipinski definition) is 2. The number of nitrogens with zero attached hydrogens (tertiary/aromatic N) is 2. The molecule has 2 heterocycles. The van der Waals surface area contributed by atoms with Crippen molar-refractivity contribution in [2.75, 3.05) is 6.54 Å². The summed E-state index contributed by atoms with van der Waals surface area (Å²) in [6.07, 6.45) is 5.78. The van der Waals surface area contributed by atoms with Gasteiger partial charge in [-0.2, -0.15) is 0 Å². The van der Waals surface area contributed by atoms with E-state index in [9.17, 15) is 14.4 Å². The fourth-order valence-electron chi connectivity index (χ4n) is 3.76.